The number of nitrogens with one attached hydrogen (secondary N) is 2. The molecule has 6 heteroatoms. The van der Waals surface area contributed by atoms with Crippen LogP contribution in [0.2, 0.25) is 5.02 Å². The summed E-state index contributed by atoms with van der Waals surface area (Å²) in [7, 11) is 3.98. The van der Waals surface area contributed by atoms with Crippen molar-refractivity contribution >= 4 is 17.6 Å². The summed E-state index contributed by atoms with van der Waals surface area (Å²) < 4.78 is 0. The standard InChI is InChI=1S/C22H30ClN5/c1-24-22(26-16-19-7-9-21(23)10-8-19)25-15-18-3-5-20(6-4-18)17-28-13-11-27(2)12-14-28/h3-10H,11-17H2,1-2H3,(H2,24,25,26). The molecule has 2 N–H and O–H groups in total. The van der Waals surface area contributed by atoms with E-state index in [4.69, 9.17) is 11.6 Å². The van der Waals surface area contributed by atoms with Crippen LogP contribution in [0.25, 0.3) is 0 Å². The van der Waals surface area contributed by atoms with Crippen LogP contribution in [0.1, 0.15) is 16.7 Å². The van der Waals surface area contributed by atoms with Crippen LogP contribution in [-0.2, 0) is 19.6 Å². The largest absolute Gasteiger partial charge is 0.352 e. The van der Waals surface area contributed by atoms with Crippen LogP contribution >= 0.6 is 11.6 Å². The Hall–Kier alpha value is -2.08. The molecule has 1 aliphatic rings. The van der Waals surface area contributed by atoms with Crippen molar-refractivity contribution in [2.24, 2.45) is 4.99 Å². The molecule has 0 aliphatic carbocycles. The van der Waals surface area contributed by atoms with E-state index in [-0.39, 0.29) is 0 Å². The van der Waals surface area contributed by atoms with E-state index in [0.29, 0.717) is 6.54 Å². The van der Waals surface area contributed by atoms with Gasteiger partial charge in [0.05, 0.1) is 0 Å². The van der Waals surface area contributed by atoms with Gasteiger partial charge < -0.3 is 15.5 Å². The molecule has 0 saturated carbocycles. The number of piperazine rings is 1. The van der Waals surface area contributed by atoms with Crippen molar-refractivity contribution in [3.05, 3.63) is 70.2 Å². The predicted octanol–water partition coefficient (Wildman–Crippen LogP) is 2.95. The Morgan fingerprint density at radius 2 is 1.36 bits per heavy atom. The fraction of sp³-hybridized carbons (Fsp3) is 0.409. The van der Waals surface area contributed by atoms with Crippen molar-refractivity contribution in [3.8, 4) is 0 Å². The van der Waals surface area contributed by atoms with E-state index in [1.807, 2.05) is 24.3 Å². The molecule has 150 valence electrons. The average molecular weight is 400 g/mol. The van der Waals surface area contributed by atoms with E-state index in [1.165, 1.54) is 16.7 Å². The van der Waals surface area contributed by atoms with Gasteiger partial charge in [0.2, 0.25) is 0 Å². The summed E-state index contributed by atoms with van der Waals surface area (Å²) in [6, 6.07) is 16.7. The van der Waals surface area contributed by atoms with Gasteiger partial charge in [-0.25, -0.2) is 0 Å². The van der Waals surface area contributed by atoms with E-state index >= 15 is 0 Å². The molecule has 28 heavy (non-hydrogen) atoms. The Labute approximate surface area is 173 Å². The molecule has 0 bridgehead atoms. The summed E-state index contributed by atoms with van der Waals surface area (Å²) >= 11 is 5.93. The lowest BCUT2D eigenvalue weighted by Crippen LogP contribution is -2.43. The minimum Gasteiger partial charge on any atom is -0.352 e. The van der Waals surface area contributed by atoms with Gasteiger partial charge >= 0.3 is 0 Å². The minimum absolute atomic E-state index is 0.709. The third-order valence-corrected chi connectivity index (χ3v) is 5.33. The van der Waals surface area contributed by atoms with Crippen LogP contribution in [0.3, 0.4) is 0 Å². The first-order valence-electron chi connectivity index (χ1n) is 9.80. The third-order valence-electron chi connectivity index (χ3n) is 5.08. The molecule has 1 saturated heterocycles. The fourth-order valence-electron chi connectivity index (χ4n) is 3.22. The number of halogens is 1. The number of aliphatic imine (C=N–C) groups is 1. The van der Waals surface area contributed by atoms with Gasteiger partial charge in [-0.1, -0.05) is 48.0 Å². The van der Waals surface area contributed by atoms with Crippen LogP contribution in [-0.4, -0.2) is 56.0 Å². The van der Waals surface area contributed by atoms with Crippen molar-refractivity contribution < 1.29 is 0 Å². The Morgan fingerprint density at radius 3 is 1.89 bits per heavy atom. The molecular weight excluding hydrogens is 370 g/mol. The Balaban J connectivity index is 1.43. The molecule has 2 aromatic rings. The van der Waals surface area contributed by atoms with E-state index in [0.717, 1.165) is 50.3 Å². The number of hydrogen-bond donors (Lipinski definition) is 2. The van der Waals surface area contributed by atoms with Crippen molar-refractivity contribution in [3.63, 3.8) is 0 Å². The van der Waals surface area contributed by atoms with Gasteiger partial charge in [0.1, 0.15) is 0 Å². The van der Waals surface area contributed by atoms with Crippen molar-refractivity contribution in [1.29, 1.82) is 0 Å². The normalized spacial score (nSPS) is 16.2. The van der Waals surface area contributed by atoms with Crippen LogP contribution in [0, 0.1) is 0 Å². The summed E-state index contributed by atoms with van der Waals surface area (Å²) in [5.41, 5.74) is 3.79. The van der Waals surface area contributed by atoms with Gasteiger partial charge in [-0.3, -0.25) is 9.89 Å². The highest BCUT2D eigenvalue weighted by atomic mass is 35.5. The smallest absolute Gasteiger partial charge is 0.191 e. The number of benzene rings is 2. The van der Waals surface area contributed by atoms with Gasteiger partial charge in [-0.05, 0) is 35.9 Å². The fourth-order valence-corrected chi connectivity index (χ4v) is 3.35. The first-order chi connectivity index (χ1) is 13.6. The Morgan fingerprint density at radius 1 is 0.857 bits per heavy atom. The second-order valence-electron chi connectivity index (χ2n) is 7.30. The summed E-state index contributed by atoms with van der Waals surface area (Å²) in [6.45, 7) is 7.10. The van der Waals surface area contributed by atoms with E-state index in [2.05, 4.69) is 56.7 Å². The highest BCUT2D eigenvalue weighted by Gasteiger charge is 2.13. The summed E-state index contributed by atoms with van der Waals surface area (Å²) in [5.74, 6) is 0.788. The van der Waals surface area contributed by atoms with Crippen LogP contribution in [0.5, 0.6) is 0 Å². The Bertz CT molecular complexity index is 750. The minimum atomic E-state index is 0.709. The molecule has 1 aliphatic heterocycles. The summed E-state index contributed by atoms with van der Waals surface area (Å²) in [5, 5.41) is 7.45. The second kappa shape index (κ2) is 10.5. The zero-order chi connectivity index (χ0) is 19.8. The second-order valence-corrected chi connectivity index (χ2v) is 7.74. The monoisotopic (exact) mass is 399 g/mol. The molecule has 2 aromatic carbocycles. The van der Waals surface area contributed by atoms with E-state index < -0.39 is 0 Å². The number of rotatable bonds is 6. The summed E-state index contributed by atoms with van der Waals surface area (Å²) in [4.78, 5) is 9.21. The SMILES string of the molecule is CN=C(NCc1ccc(Cl)cc1)NCc1ccc(CN2CCN(C)CC2)cc1. The maximum absolute atomic E-state index is 5.93. The maximum atomic E-state index is 5.93. The molecule has 0 atom stereocenters. The number of hydrogen-bond acceptors (Lipinski definition) is 3. The van der Waals surface area contributed by atoms with Gasteiger partial charge in [0.25, 0.3) is 0 Å². The molecule has 3 rings (SSSR count). The van der Waals surface area contributed by atoms with Gasteiger partial charge in [-0.15, -0.1) is 0 Å². The lowest BCUT2D eigenvalue weighted by molar-refractivity contribution is 0.148. The van der Waals surface area contributed by atoms with E-state index in [1.54, 1.807) is 7.05 Å². The van der Waals surface area contributed by atoms with Crippen LogP contribution in [0.4, 0.5) is 0 Å². The first-order valence-corrected chi connectivity index (χ1v) is 10.2. The molecule has 0 radical (unpaired) electrons. The molecular formula is C22H30ClN5. The number of guanidine groups is 1. The quantitative estimate of drug-likeness (QED) is 0.579. The first kappa shape index (κ1) is 20.6. The molecule has 0 unspecified atom stereocenters. The van der Waals surface area contributed by atoms with E-state index in [9.17, 15) is 0 Å². The van der Waals surface area contributed by atoms with Crippen molar-refractivity contribution in [1.82, 2.24) is 20.4 Å². The summed E-state index contributed by atoms with van der Waals surface area (Å²) in [6.07, 6.45) is 0. The highest BCUT2D eigenvalue weighted by molar-refractivity contribution is 6.30. The van der Waals surface area contributed by atoms with Crippen LogP contribution in [0.15, 0.2) is 53.5 Å². The Kier molecular flexibility index (Phi) is 7.71. The molecule has 5 nitrogen and oxygen atoms in total. The molecule has 1 heterocycles. The third kappa shape index (κ3) is 6.51. The lowest BCUT2D eigenvalue weighted by Gasteiger charge is -2.32. The van der Waals surface area contributed by atoms with Crippen molar-refractivity contribution in [2.45, 2.75) is 19.6 Å². The van der Waals surface area contributed by atoms with Gasteiger partial charge in [-0.2, -0.15) is 0 Å². The molecule has 1 fully saturated rings. The average Bonchev–Trinajstić information content (AvgIpc) is 2.72. The van der Waals surface area contributed by atoms with Crippen LogP contribution < -0.4 is 10.6 Å². The van der Waals surface area contributed by atoms with Gasteiger partial charge in [0, 0.05) is 57.9 Å². The zero-order valence-electron chi connectivity index (χ0n) is 16.8. The highest BCUT2D eigenvalue weighted by Crippen LogP contribution is 2.10. The zero-order valence-corrected chi connectivity index (χ0v) is 17.5. The molecule has 0 spiro atoms. The lowest BCUT2D eigenvalue weighted by atomic mass is 10.1. The number of nitrogens with zero attached hydrogens (tertiary/aromatic N) is 3. The number of likely N-dealkylation sites (N-methyl/N-ethyl adjacent to an activating group) is 1. The topological polar surface area (TPSA) is 42.9 Å². The molecule has 0 aromatic heterocycles. The molecule has 0 amide bonds. The van der Waals surface area contributed by atoms with Gasteiger partial charge in [0.15, 0.2) is 5.96 Å². The van der Waals surface area contributed by atoms with Crippen molar-refractivity contribution in [2.75, 3.05) is 40.3 Å². The maximum Gasteiger partial charge on any atom is 0.191 e. The predicted molar refractivity (Wildman–Crippen MR) is 118 cm³/mol.